The standard InChI is InChI=1S/C14H14O6/c1-14(7-5-3-2-4-6-7)19-11-10-9(18-13(11)20-14)8(15)12(16)17-10/h2-6,8-11,13,15H,1H3. The zero-order valence-electron chi connectivity index (χ0n) is 10.8. The first kappa shape index (κ1) is 12.3. The van der Waals surface area contributed by atoms with Gasteiger partial charge in [-0.25, -0.2) is 4.79 Å². The number of hydrogen-bond donors (Lipinski definition) is 1. The Morgan fingerprint density at radius 2 is 1.85 bits per heavy atom. The molecule has 20 heavy (non-hydrogen) atoms. The summed E-state index contributed by atoms with van der Waals surface area (Å²) in [5.41, 5.74) is 0.861. The van der Waals surface area contributed by atoms with Crippen molar-refractivity contribution >= 4 is 5.97 Å². The number of aliphatic hydroxyl groups excluding tert-OH is 1. The zero-order valence-corrected chi connectivity index (χ0v) is 10.8. The third kappa shape index (κ3) is 1.56. The van der Waals surface area contributed by atoms with Crippen molar-refractivity contribution < 1.29 is 28.8 Å². The van der Waals surface area contributed by atoms with E-state index in [9.17, 15) is 9.90 Å². The molecule has 106 valence electrons. The van der Waals surface area contributed by atoms with Gasteiger partial charge in [0.2, 0.25) is 0 Å². The molecule has 3 aliphatic rings. The summed E-state index contributed by atoms with van der Waals surface area (Å²) in [6.07, 6.45) is -3.75. The molecule has 6 heteroatoms. The normalized spacial score (nSPS) is 46.1. The molecule has 4 rings (SSSR count). The minimum Gasteiger partial charge on any atom is -0.454 e. The molecule has 0 radical (unpaired) electrons. The van der Waals surface area contributed by atoms with E-state index in [-0.39, 0.29) is 0 Å². The molecule has 3 saturated heterocycles. The fraction of sp³-hybridized carbons (Fsp3) is 0.500. The van der Waals surface area contributed by atoms with Crippen LogP contribution in [0.4, 0.5) is 0 Å². The lowest BCUT2D eigenvalue weighted by Gasteiger charge is -2.26. The monoisotopic (exact) mass is 278 g/mol. The van der Waals surface area contributed by atoms with E-state index in [4.69, 9.17) is 18.9 Å². The average molecular weight is 278 g/mol. The summed E-state index contributed by atoms with van der Waals surface area (Å²) in [5.74, 6) is -1.61. The van der Waals surface area contributed by atoms with Gasteiger partial charge in [-0.15, -0.1) is 0 Å². The average Bonchev–Trinajstić information content (AvgIpc) is 3.03. The van der Waals surface area contributed by atoms with Crippen LogP contribution in [0.25, 0.3) is 0 Å². The number of fused-ring (bicyclic) bond motifs is 3. The molecular formula is C14H14O6. The Bertz CT molecular complexity index is 546. The van der Waals surface area contributed by atoms with Crippen molar-refractivity contribution in [2.24, 2.45) is 0 Å². The molecule has 3 fully saturated rings. The van der Waals surface area contributed by atoms with Gasteiger partial charge in [-0.2, -0.15) is 0 Å². The Morgan fingerprint density at radius 3 is 2.60 bits per heavy atom. The molecule has 0 spiro atoms. The number of esters is 1. The second kappa shape index (κ2) is 4.02. The number of hydrogen-bond acceptors (Lipinski definition) is 6. The molecule has 1 aromatic carbocycles. The highest BCUT2D eigenvalue weighted by Crippen LogP contribution is 2.46. The van der Waals surface area contributed by atoms with Crippen LogP contribution in [-0.4, -0.2) is 41.8 Å². The second-order valence-corrected chi connectivity index (χ2v) is 5.33. The van der Waals surface area contributed by atoms with Crippen molar-refractivity contribution in [1.82, 2.24) is 0 Å². The SMILES string of the molecule is CC1(c2ccccc2)OC2OC3C(O)C(=O)OC3C2O1. The molecule has 0 saturated carbocycles. The number of benzene rings is 1. The van der Waals surface area contributed by atoms with Gasteiger partial charge < -0.3 is 24.1 Å². The molecule has 3 aliphatic heterocycles. The van der Waals surface area contributed by atoms with Gasteiger partial charge in [0.1, 0.15) is 6.10 Å². The third-order valence-corrected chi connectivity index (χ3v) is 4.01. The fourth-order valence-corrected chi connectivity index (χ4v) is 2.98. The minimum atomic E-state index is -1.26. The lowest BCUT2D eigenvalue weighted by atomic mass is 10.1. The summed E-state index contributed by atoms with van der Waals surface area (Å²) in [6, 6.07) is 9.49. The first-order chi connectivity index (χ1) is 9.58. The lowest BCUT2D eigenvalue weighted by Crippen LogP contribution is -2.35. The van der Waals surface area contributed by atoms with Gasteiger partial charge in [0.15, 0.2) is 30.4 Å². The first-order valence-electron chi connectivity index (χ1n) is 6.54. The maximum absolute atomic E-state index is 11.4. The van der Waals surface area contributed by atoms with Crippen LogP contribution in [-0.2, 0) is 29.5 Å². The lowest BCUT2D eigenvalue weighted by molar-refractivity contribution is -0.230. The molecule has 3 heterocycles. The van der Waals surface area contributed by atoms with Gasteiger partial charge >= 0.3 is 5.97 Å². The highest BCUT2D eigenvalue weighted by Gasteiger charge is 2.63. The molecule has 0 amide bonds. The fourth-order valence-electron chi connectivity index (χ4n) is 2.98. The summed E-state index contributed by atoms with van der Waals surface area (Å²) in [7, 11) is 0. The summed E-state index contributed by atoms with van der Waals surface area (Å²) in [6.45, 7) is 1.80. The molecule has 6 atom stereocenters. The van der Waals surface area contributed by atoms with E-state index < -0.39 is 42.5 Å². The summed E-state index contributed by atoms with van der Waals surface area (Å²) >= 11 is 0. The van der Waals surface area contributed by atoms with Gasteiger partial charge in [-0.05, 0) is 6.92 Å². The number of carbonyl (C=O) groups is 1. The van der Waals surface area contributed by atoms with Crippen LogP contribution >= 0.6 is 0 Å². The predicted octanol–water partition coefficient (Wildman–Crippen LogP) is 0.286. The van der Waals surface area contributed by atoms with E-state index in [1.807, 2.05) is 30.3 Å². The first-order valence-corrected chi connectivity index (χ1v) is 6.54. The molecule has 6 nitrogen and oxygen atoms in total. The van der Waals surface area contributed by atoms with E-state index in [2.05, 4.69) is 0 Å². The second-order valence-electron chi connectivity index (χ2n) is 5.33. The number of aliphatic hydroxyl groups is 1. The van der Waals surface area contributed by atoms with Crippen LogP contribution < -0.4 is 0 Å². The van der Waals surface area contributed by atoms with Crippen molar-refractivity contribution in [2.45, 2.75) is 43.4 Å². The Hall–Kier alpha value is -1.47. The molecule has 6 unspecified atom stereocenters. The van der Waals surface area contributed by atoms with Crippen LogP contribution in [0.15, 0.2) is 30.3 Å². The molecule has 0 aromatic heterocycles. The van der Waals surface area contributed by atoms with Gasteiger partial charge in [0.25, 0.3) is 0 Å². The van der Waals surface area contributed by atoms with E-state index in [0.29, 0.717) is 0 Å². The van der Waals surface area contributed by atoms with Crippen LogP contribution in [0.5, 0.6) is 0 Å². The van der Waals surface area contributed by atoms with Gasteiger partial charge in [-0.1, -0.05) is 30.3 Å². The Morgan fingerprint density at radius 1 is 1.10 bits per heavy atom. The number of rotatable bonds is 1. The minimum absolute atomic E-state index is 0.522. The van der Waals surface area contributed by atoms with E-state index in [1.54, 1.807) is 6.92 Å². The smallest absolute Gasteiger partial charge is 0.338 e. The van der Waals surface area contributed by atoms with E-state index in [0.717, 1.165) is 5.56 Å². The summed E-state index contributed by atoms with van der Waals surface area (Å²) < 4.78 is 22.5. The number of carbonyl (C=O) groups excluding carboxylic acids is 1. The zero-order chi connectivity index (χ0) is 13.9. The Labute approximate surface area is 115 Å². The van der Waals surface area contributed by atoms with Gasteiger partial charge in [0, 0.05) is 5.56 Å². The largest absolute Gasteiger partial charge is 0.454 e. The summed E-state index contributed by atoms with van der Waals surface area (Å²) in [4.78, 5) is 11.4. The Kier molecular flexibility index (Phi) is 2.47. The maximum Gasteiger partial charge on any atom is 0.338 e. The van der Waals surface area contributed by atoms with Crippen molar-refractivity contribution in [3.05, 3.63) is 35.9 Å². The van der Waals surface area contributed by atoms with Gasteiger partial charge in [-0.3, -0.25) is 0 Å². The van der Waals surface area contributed by atoms with Crippen LogP contribution in [0, 0.1) is 0 Å². The quantitative estimate of drug-likeness (QED) is 0.744. The van der Waals surface area contributed by atoms with Crippen molar-refractivity contribution in [1.29, 1.82) is 0 Å². The topological polar surface area (TPSA) is 74.2 Å². The molecule has 0 aliphatic carbocycles. The summed E-state index contributed by atoms with van der Waals surface area (Å²) in [5, 5.41) is 9.66. The van der Waals surface area contributed by atoms with Crippen LogP contribution in [0.1, 0.15) is 12.5 Å². The highest BCUT2D eigenvalue weighted by molar-refractivity contribution is 5.78. The predicted molar refractivity (Wildman–Crippen MR) is 64.3 cm³/mol. The molecule has 1 N–H and O–H groups in total. The van der Waals surface area contributed by atoms with Crippen molar-refractivity contribution in [3.63, 3.8) is 0 Å². The highest BCUT2D eigenvalue weighted by atomic mass is 16.8. The van der Waals surface area contributed by atoms with E-state index >= 15 is 0 Å². The molecular weight excluding hydrogens is 264 g/mol. The maximum atomic E-state index is 11.4. The van der Waals surface area contributed by atoms with Gasteiger partial charge in [0.05, 0.1) is 0 Å². The van der Waals surface area contributed by atoms with Crippen LogP contribution in [0.2, 0.25) is 0 Å². The molecule has 1 aromatic rings. The Balaban J connectivity index is 1.60. The molecule has 0 bridgehead atoms. The van der Waals surface area contributed by atoms with Crippen molar-refractivity contribution in [3.8, 4) is 0 Å². The van der Waals surface area contributed by atoms with E-state index in [1.165, 1.54) is 0 Å². The van der Waals surface area contributed by atoms with Crippen LogP contribution in [0.3, 0.4) is 0 Å². The van der Waals surface area contributed by atoms with Crippen molar-refractivity contribution in [2.75, 3.05) is 0 Å². The number of ether oxygens (including phenoxy) is 4. The third-order valence-electron chi connectivity index (χ3n) is 4.01.